The van der Waals surface area contributed by atoms with Crippen LogP contribution >= 0.6 is 0 Å². The van der Waals surface area contributed by atoms with E-state index in [0.717, 1.165) is 0 Å². The molecule has 0 aliphatic carbocycles. The molecule has 7 heteroatoms. The van der Waals surface area contributed by atoms with Crippen molar-refractivity contribution >= 4 is 21.6 Å². The lowest BCUT2D eigenvalue weighted by atomic mass is 10.2. The van der Waals surface area contributed by atoms with Crippen molar-refractivity contribution in [2.75, 3.05) is 23.4 Å². The van der Waals surface area contributed by atoms with Crippen LogP contribution in [-0.4, -0.2) is 43.4 Å². The maximum absolute atomic E-state index is 12.7. The number of benzene rings is 2. The van der Waals surface area contributed by atoms with Crippen LogP contribution in [0.2, 0.25) is 0 Å². The zero-order valence-electron chi connectivity index (χ0n) is 14.6. The van der Waals surface area contributed by atoms with Gasteiger partial charge in [-0.1, -0.05) is 30.3 Å². The summed E-state index contributed by atoms with van der Waals surface area (Å²) in [6, 6.07) is 15.9. The minimum Gasteiger partial charge on any atom is -0.455 e. The normalized spacial score (nSPS) is 18.3. The Morgan fingerprint density at radius 2 is 1.85 bits per heavy atom. The number of rotatable bonds is 5. The van der Waals surface area contributed by atoms with E-state index in [4.69, 9.17) is 4.74 Å². The lowest BCUT2D eigenvalue weighted by Crippen LogP contribution is -2.43. The van der Waals surface area contributed by atoms with Gasteiger partial charge in [-0.25, -0.2) is 13.2 Å². The monoisotopic (exact) mass is 374 g/mol. The van der Waals surface area contributed by atoms with Gasteiger partial charge in [-0.15, -0.1) is 0 Å². The van der Waals surface area contributed by atoms with Gasteiger partial charge in [0, 0.05) is 12.6 Å². The summed E-state index contributed by atoms with van der Waals surface area (Å²) in [5.74, 6) is 1.36. The number of ether oxygens (including phenoxy) is 1. The van der Waals surface area contributed by atoms with Gasteiger partial charge in [0.2, 0.25) is 0 Å². The number of para-hydroxylation sites is 3. The molecular formula is C19H22N2O4S. The molecule has 1 aliphatic heterocycles. The molecule has 0 saturated carbocycles. The number of carbonyl (C=O) groups excluding carboxylic acids is 1. The number of nitrogens with zero attached hydrogens (tertiary/aromatic N) is 1. The molecule has 1 aliphatic rings. The predicted octanol–water partition coefficient (Wildman–Crippen LogP) is 3.52. The first-order valence-electron chi connectivity index (χ1n) is 8.58. The Balaban J connectivity index is 1.74. The second-order valence-electron chi connectivity index (χ2n) is 6.18. The zero-order chi connectivity index (χ0) is 18.6. The van der Waals surface area contributed by atoms with Crippen molar-refractivity contribution in [3.8, 4) is 11.5 Å². The van der Waals surface area contributed by atoms with Crippen molar-refractivity contribution in [3.05, 3.63) is 54.6 Å². The van der Waals surface area contributed by atoms with Crippen LogP contribution in [0.3, 0.4) is 0 Å². The number of anilines is 1. The number of urea groups is 1. The van der Waals surface area contributed by atoms with Gasteiger partial charge in [0.15, 0.2) is 15.6 Å². The molecule has 138 valence electrons. The second kappa shape index (κ2) is 7.78. The van der Waals surface area contributed by atoms with Crippen molar-refractivity contribution in [1.82, 2.24) is 4.90 Å². The van der Waals surface area contributed by atoms with Crippen LogP contribution in [0.5, 0.6) is 11.5 Å². The van der Waals surface area contributed by atoms with Gasteiger partial charge < -0.3 is 15.0 Å². The lowest BCUT2D eigenvalue weighted by molar-refractivity contribution is 0.197. The SMILES string of the molecule is CCN(C(=O)Nc1ccccc1Oc1ccccc1)[C@H]1CCS(=O)(=O)C1. The Labute approximate surface area is 153 Å². The van der Waals surface area contributed by atoms with Crippen LogP contribution < -0.4 is 10.1 Å². The Kier molecular flexibility index (Phi) is 5.46. The van der Waals surface area contributed by atoms with Gasteiger partial charge in [-0.2, -0.15) is 0 Å². The predicted molar refractivity (Wildman–Crippen MR) is 101 cm³/mol. The van der Waals surface area contributed by atoms with Gasteiger partial charge in [0.1, 0.15) is 5.75 Å². The number of amides is 2. The molecule has 1 saturated heterocycles. The summed E-state index contributed by atoms with van der Waals surface area (Å²) in [6.07, 6.45) is 0.478. The smallest absolute Gasteiger partial charge is 0.322 e. The van der Waals surface area contributed by atoms with Gasteiger partial charge in [0.05, 0.1) is 17.2 Å². The Bertz CT molecular complexity index is 868. The molecule has 6 nitrogen and oxygen atoms in total. The van der Waals surface area contributed by atoms with Crippen molar-refractivity contribution in [2.45, 2.75) is 19.4 Å². The topological polar surface area (TPSA) is 75.7 Å². The number of sulfone groups is 1. The van der Waals surface area contributed by atoms with Gasteiger partial charge in [-0.05, 0) is 37.6 Å². The number of nitrogens with one attached hydrogen (secondary N) is 1. The van der Waals surface area contributed by atoms with Crippen LogP contribution in [0.25, 0.3) is 0 Å². The Morgan fingerprint density at radius 1 is 1.15 bits per heavy atom. The van der Waals surface area contributed by atoms with Crippen molar-refractivity contribution in [1.29, 1.82) is 0 Å². The fourth-order valence-corrected chi connectivity index (χ4v) is 4.78. The summed E-state index contributed by atoms with van der Waals surface area (Å²) in [5.41, 5.74) is 0.542. The summed E-state index contributed by atoms with van der Waals surface area (Å²) in [4.78, 5) is 14.3. The van der Waals surface area contributed by atoms with E-state index in [1.165, 1.54) is 0 Å². The van der Waals surface area contributed by atoms with Crippen molar-refractivity contribution < 1.29 is 17.9 Å². The molecule has 0 spiro atoms. The van der Waals surface area contributed by atoms with Crippen molar-refractivity contribution in [3.63, 3.8) is 0 Å². The minimum atomic E-state index is -3.05. The first kappa shape index (κ1) is 18.3. The molecule has 2 aromatic carbocycles. The van der Waals surface area contributed by atoms with E-state index in [-0.39, 0.29) is 23.6 Å². The van der Waals surface area contributed by atoms with E-state index in [0.29, 0.717) is 30.2 Å². The Morgan fingerprint density at radius 3 is 2.50 bits per heavy atom. The third-order valence-corrected chi connectivity index (χ3v) is 6.10. The molecule has 1 fully saturated rings. The highest BCUT2D eigenvalue weighted by atomic mass is 32.2. The molecule has 26 heavy (non-hydrogen) atoms. The molecule has 2 aromatic rings. The molecule has 0 bridgehead atoms. The first-order chi connectivity index (χ1) is 12.5. The summed E-state index contributed by atoms with van der Waals surface area (Å²) in [6.45, 7) is 2.28. The largest absolute Gasteiger partial charge is 0.455 e. The van der Waals surface area contributed by atoms with Crippen LogP contribution in [0.1, 0.15) is 13.3 Å². The number of hydrogen-bond acceptors (Lipinski definition) is 4. The number of hydrogen-bond donors (Lipinski definition) is 1. The average Bonchev–Trinajstić information content (AvgIpc) is 2.98. The molecule has 1 atom stereocenters. The summed E-state index contributed by atoms with van der Waals surface area (Å²) in [5, 5.41) is 2.85. The van der Waals surface area contributed by atoms with Gasteiger partial charge in [-0.3, -0.25) is 0 Å². The highest BCUT2D eigenvalue weighted by Crippen LogP contribution is 2.29. The summed E-state index contributed by atoms with van der Waals surface area (Å²) >= 11 is 0. The van der Waals surface area contributed by atoms with Crippen molar-refractivity contribution in [2.24, 2.45) is 0 Å². The molecule has 0 unspecified atom stereocenters. The maximum atomic E-state index is 12.7. The van der Waals surface area contributed by atoms with Crippen LogP contribution in [0, 0.1) is 0 Å². The summed E-state index contributed by atoms with van der Waals surface area (Å²) in [7, 11) is -3.05. The van der Waals surface area contributed by atoms with Crippen LogP contribution in [0.15, 0.2) is 54.6 Å². The fourth-order valence-electron chi connectivity index (χ4n) is 3.05. The molecule has 2 amide bonds. The van der Waals surface area contributed by atoms with E-state index >= 15 is 0 Å². The summed E-state index contributed by atoms with van der Waals surface area (Å²) < 4.78 is 29.3. The first-order valence-corrected chi connectivity index (χ1v) is 10.4. The molecule has 3 rings (SSSR count). The highest BCUT2D eigenvalue weighted by molar-refractivity contribution is 7.91. The fraction of sp³-hybridized carbons (Fsp3) is 0.316. The number of carbonyl (C=O) groups is 1. The van der Waals surface area contributed by atoms with Crippen LogP contribution in [-0.2, 0) is 9.84 Å². The third kappa shape index (κ3) is 4.35. The molecule has 1 N–H and O–H groups in total. The Hall–Kier alpha value is -2.54. The molecular weight excluding hydrogens is 352 g/mol. The van der Waals surface area contributed by atoms with E-state index in [2.05, 4.69) is 5.32 Å². The maximum Gasteiger partial charge on any atom is 0.322 e. The zero-order valence-corrected chi connectivity index (χ0v) is 15.4. The highest BCUT2D eigenvalue weighted by Gasteiger charge is 2.34. The van der Waals surface area contributed by atoms with Gasteiger partial charge in [0.25, 0.3) is 0 Å². The molecule has 0 aromatic heterocycles. The lowest BCUT2D eigenvalue weighted by Gasteiger charge is -2.27. The van der Waals surface area contributed by atoms with Crippen LogP contribution in [0.4, 0.5) is 10.5 Å². The minimum absolute atomic E-state index is 0.0242. The average molecular weight is 374 g/mol. The van der Waals surface area contributed by atoms with E-state index in [1.807, 2.05) is 49.4 Å². The molecule has 1 heterocycles. The third-order valence-electron chi connectivity index (χ3n) is 4.35. The van der Waals surface area contributed by atoms with E-state index in [9.17, 15) is 13.2 Å². The standard InChI is InChI=1S/C19H22N2O4S/c1-2-21(15-12-13-26(23,24)14-15)19(22)20-17-10-6-7-11-18(17)25-16-8-4-3-5-9-16/h3-11,15H,2,12-14H2,1H3,(H,20,22)/t15-/m0/s1. The van der Waals surface area contributed by atoms with E-state index in [1.54, 1.807) is 17.0 Å². The van der Waals surface area contributed by atoms with E-state index < -0.39 is 9.84 Å². The quantitative estimate of drug-likeness (QED) is 0.869. The molecule has 0 radical (unpaired) electrons. The van der Waals surface area contributed by atoms with Gasteiger partial charge >= 0.3 is 6.03 Å². The second-order valence-corrected chi connectivity index (χ2v) is 8.41.